The predicted octanol–water partition coefficient (Wildman–Crippen LogP) is 1.92. The first-order valence-electron chi connectivity index (χ1n) is 4.34. The van der Waals surface area contributed by atoms with E-state index in [0.717, 1.165) is 20.1 Å². The molecule has 0 amide bonds. The minimum atomic E-state index is 0.439. The molecule has 0 unspecified atom stereocenters. The molecule has 2 rings (SSSR count). The van der Waals surface area contributed by atoms with Gasteiger partial charge in [-0.1, -0.05) is 34.9 Å². The van der Waals surface area contributed by atoms with E-state index in [1.54, 1.807) is 47.3 Å². The van der Waals surface area contributed by atoms with Crippen molar-refractivity contribution in [2.75, 3.05) is 12.0 Å². The fourth-order valence-electron chi connectivity index (χ4n) is 0.913. The second-order valence-corrected chi connectivity index (χ2v) is 6.01. The molecule has 0 aliphatic heterocycles. The van der Waals surface area contributed by atoms with Crippen LogP contribution >= 0.6 is 34.9 Å². The average Bonchev–Trinajstić information content (AvgIpc) is 2.76. The lowest BCUT2D eigenvalue weighted by Gasteiger charge is -1.97. The van der Waals surface area contributed by atoms with Crippen LogP contribution in [0.25, 0.3) is 0 Å². The summed E-state index contributed by atoms with van der Waals surface area (Å²) in [6.07, 6.45) is 5.22. The number of aromatic nitrogens is 4. The van der Waals surface area contributed by atoms with Gasteiger partial charge in [0.05, 0.1) is 18.1 Å². The van der Waals surface area contributed by atoms with Gasteiger partial charge >= 0.3 is 0 Å². The first-order valence-corrected chi connectivity index (χ1v) is 7.37. The highest BCUT2D eigenvalue weighted by atomic mass is 32.2. The van der Waals surface area contributed by atoms with Crippen molar-refractivity contribution in [3.8, 4) is 0 Å². The molecule has 0 spiro atoms. The molecule has 2 heterocycles. The Kier molecular flexibility index (Phi) is 3.97. The van der Waals surface area contributed by atoms with Crippen LogP contribution < -0.4 is 5.73 Å². The first-order chi connectivity index (χ1) is 7.78. The largest absolute Gasteiger partial charge is 0.382 e. The molecule has 0 atom stereocenters. The summed E-state index contributed by atoms with van der Waals surface area (Å²) in [7, 11) is 0. The maximum absolute atomic E-state index is 5.45. The molecular weight excluding hydrogens is 262 g/mol. The highest BCUT2D eigenvalue weighted by Gasteiger charge is 2.04. The zero-order chi connectivity index (χ0) is 11.4. The Bertz CT molecular complexity index is 455. The van der Waals surface area contributed by atoms with E-state index in [9.17, 15) is 0 Å². The smallest absolute Gasteiger partial charge is 0.175 e. The minimum absolute atomic E-state index is 0.439. The summed E-state index contributed by atoms with van der Waals surface area (Å²) in [6.45, 7) is 0. The standard InChI is InChI=1S/C8H9N5S3/c1-14-7-12-13-8(16-7)15-4-5-2-11-6(9)3-10-5/h2-3H,4H2,1H3,(H2,9,11). The normalized spacial score (nSPS) is 10.6. The molecule has 8 heteroatoms. The molecule has 0 saturated heterocycles. The van der Waals surface area contributed by atoms with Gasteiger partial charge in [0.25, 0.3) is 0 Å². The molecule has 0 radical (unpaired) electrons. The van der Waals surface area contributed by atoms with Crippen LogP contribution in [-0.2, 0) is 5.75 Å². The Labute approximate surface area is 105 Å². The third-order valence-electron chi connectivity index (χ3n) is 1.63. The number of thioether (sulfide) groups is 2. The molecule has 0 fully saturated rings. The van der Waals surface area contributed by atoms with Crippen molar-refractivity contribution >= 4 is 40.7 Å². The Morgan fingerprint density at radius 1 is 1.25 bits per heavy atom. The number of hydrogen-bond donors (Lipinski definition) is 1. The lowest BCUT2D eigenvalue weighted by molar-refractivity contribution is 0.954. The molecule has 84 valence electrons. The molecule has 2 aromatic heterocycles. The molecule has 0 aliphatic rings. The molecule has 2 N–H and O–H groups in total. The summed E-state index contributed by atoms with van der Waals surface area (Å²) in [4.78, 5) is 8.14. The summed E-state index contributed by atoms with van der Waals surface area (Å²) in [5, 5.41) is 8.07. The van der Waals surface area contributed by atoms with Gasteiger partial charge in [0, 0.05) is 5.75 Å². The topological polar surface area (TPSA) is 77.6 Å². The number of nitrogens with zero attached hydrogens (tertiary/aromatic N) is 4. The van der Waals surface area contributed by atoms with Crippen molar-refractivity contribution in [2.24, 2.45) is 0 Å². The van der Waals surface area contributed by atoms with Crippen molar-refractivity contribution in [3.05, 3.63) is 18.1 Å². The Morgan fingerprint density at radius 2 is 2.06 bits per heavy atom. The van der Waals surface area contributed by atoms with Crippen molar-refractivity contribution < 1.29 is 0 Å². The highest BCUT2D eigenvalue weighted by Crippen LogP contribution is 2.28. The molecule has 0 saturated carbocycles. The highest BCUT2D eigenvalue weighted by molar-refractivity contribution is 8.02. The van der Waals surface area contributed by atoms with Gasteiger partial charge in [-0.25, -0.2) is 4.98 Å². The van der Waals surface area contributed by atoms with Gasteiger partial charge in [0.2, 0.25) is 0 Å². The summed E-state index contributed by atoms with van der Waals surface area (Å²) in [5.74, 6) is 1.17. The fraction of sp³-hybridized carbons (Fsp3) is 0.250. The van der Waals surface area contributed by atoms with Gasteiger partial charge in [0.1, 0.15) is 5.82 Å². The zero-order valence-electron chi connectivity index (χ0n) is 8.45. The van der Waals surface area contributed by atoms with Crippen molar-refractivity contribution in [2.45, 2.75) is 14.4 Å². The summed E-state index contributed by atoms with van der Waals surface area (Å²) >= 11 is 4.79. The van der Waals surface area contributed by atoms with Crippen LogP contribution in [-0.4, -0.2) is 26.4 Å². The fourth-order valence-corrected chi connectivity index (χ4v) is 3.24. The number of hydrogen-bond acceptors (Lipinski definition) is 8. The minimum Gasteiger partial charge on any atom is -0.382 e. The van der Waals surface area contributed by atoms with E-state index in [0.29, 0.717) is 5.82 Å². The summed E-state index contributed by atoms with van der Waals surface area (Å²) in [6, 6.07) is 0. The molecule has 0 bridgehead atoms. The second-order valence-electron chi connectivity index (χ2n) is 2.76. The second kappa shape index (κ2) is 5.46. The molecule has 0 aliphatic carbocycles. The molecular formula is C8H9N5S3. The van der Waals surface area contributed by atoms with Gasteiger partial charge in [0.15, 0.2) is 8.68 Å². The average molecular weight is 271 g/mol. The van der Waals surface area contributed by atoms with Crippen LogP contribution in [0.4, 0.5) is 5.82 Å². The van der Waals surface area contributed by atoms with Gasteiger partial charge in [-0.2, -0.15) is 0 Å². The number of nitrogen functional groups attached to an aromatic ring is 1. The van der Waals surface area contributed by atoms with E-state index in [1.165, 1.54) is 0 Å². The van der Waals surface area contributed by atoms with E-state index in [1.807, 2.05) is 6.26 Å². The third kappa shape index (κ3) is 3.06. The van der Waals surface area contributed by atoms with Crippen LogP contribution in [0, 0.1) is 0 Å². The number of nitrogens with two attached hydrogens (primary N) is 1. The molecule has 5 nitrogen and oxygen atoms in total. The Hall–Kier alpha value is -0.860. The molecule has 16 heavy (non-hydrogen) atoms. The van der Waals surface area contributed by atoms with E-state index in [2.05, 4.69) is 20.2 Å². The molecule has 0 aromatic carbocycles. The van der Waals surface area contributed by atoms with Crippen LogP contribution in [0.2, 0.25) is 0 Å². The quantitative estimate of drug-likeness (QED) is 0.851. The SMILES string of the molecule is CSc1nnc(SCc2cnc(N)cn2)s1. The maximum atomic E-state index is 5.45. The van der Waals surface area contributed by atoms with E-state index < -0.39 is 0 Å². The van der Waals surface area contributed by atoms with E-state index in [4.69, 9.17) is 5.73 Å². The third-order valence-corrected chi connectivity index (χ3v) is 4.70. The first kappa shape index (κ1) is 11.6. The summed E-state index contributed by atoms with van der Waals surface area (Å²) < 4.78 is 1.92. The summed E-state index contributed by atoms with van der Waals surface area (Å²) in [5.41, 5.74) is 6.34. The van der Waals surface area contributed by atoms with Gasteiger partial charge in [-0.3, -0.25) is 4.98 Å². The van der Waals surface area contributed by atoms with Crippen LogP contribution in [0.15, 0.2) is 21.1 Å². The Morgan fingerprint density at radius 3 is 2.69 bits per heavy atom. The van der Waals surface area contributed by atoms with Gasteiger partial charge in [-0.15, -0.1) is 10.2 Å². The van der Waals surface area contributed by atoms with E-state index in [-0.39, 0.29) is 0 Å². The molecule has 2 aromatic rings. The monoisotopic (exact) mass is 271 g/mol. The zero-order valence-corrected chi connectivity index (χ0v) is 10.9. The number of anilines is 1. The lowest BCUT2D eigenvalue weighted by Crippen LogP contribution is -1.94. The Balaban J connectivity index is 1.94. The van der Waals surface area contributed by atoms with Gasteiger partial charge in [-0.05, 0) is 6.26 Å². The van der Waals surface area contributed by atoms with Crippen LogP contribution in [0.5, 0.6) is 0 Å². The van der Waals surface area contributed by atoms with Crippen molar-refractivity contribution in [1.29, 1.82) is 0 Å². The van der Waals surface area contributed by atoms with E-state index >= 15 is 0 Å². The van der Waals surface area contributed by atoms with Crippen LogP contribution in [0.1, 0.15) is 5.69 Å². The maximum Gasteiger partial charge on any atom is 0.175 e. The van der Waals surface area contributed by atoms with Crippen molar-refractivity contribution in [3.63, 3.8) is 0 Å². The van der Waals surface area contributed by atoms with Gasteiger partial charge < -0.3 is 5.73 Å². The van der Waals surface area contributed by atoms with Crippen LogP contribution in [0.3, 0.4) is 0 Å². The predicted molar refractivity (Wildman–Crippen MR) is 67.7 cm³/mol. The lowest BCUT2D eigenvalue weighted by atomic mass is 10.5. The number of rotatable bonds is 4. The van der Waals surface area contributed by atoms with Crippen molar-refractivity contribution in [1.82, 2.24) is 20.2 Å².